The molecule has 0 saturated heterocycles. The molecule has 2 aromatic carbocycles. The van der Waals surface area contributed by atoms with Gasteiger partial charge in [-0.15, -0.1) is 0 Å². The number of benzene rings is 2. The van der Waals surface area contributed by atoms with Gasteiger partial charge in [0, 0.05) is 25.5 Å². The maximum Gasteiger partial charge on any atom is 0.253 e. The quantitative estimate of drug-likeness (QED) is 0.683. The number of carbonyl (C=O) groups is 2. The van der Waals surface area contributed by atoms with Crippen LogP contribution in [0.4, 0.5) is 5.69 Å². The van der Waals surface area contributed by atoms with Crippen molar-refractivity contribution in [1.82, 2.24) is 10.3 Å². The van der Waals surface area contributed by atoms with Crippen molar-refractivity contribution < 1.29 is 14.0 Å². The second kappa shape index (κ2) is 8.52. The van der Waals surface area contributed by atoms with Crippen LogP contribution in [0.3, 0.4) is 0 Å². The summed E-state index contributed by atoms with van der Waals surface area (Å²) in [6, 6.07) is 13.3. The third-order valence-corrected chi connectivity index (χ3v) is 4.46. The van der Waals surface area contributed by atoms with Gasteiger partial charge in [-0.25, -0.2) is 4.98 Å². The van der Waals surface area contributed by atoms with Crippen LogP contribution in [0.1, 0.15) is 33.8 Å². The van der Waals surface area contributed by atoms with Crippen molar-refractivity contribution in [2.24, 2.45) is 0 Å². The fraction of sp³-hybridized carbons (Fsp3) is 0.227. The van der Waals surface area contributed by atoms with E-state index >= 15 is 0 Å². The van der Waals surface area contributed by atoms with Crippen molar-refractivity contribution in [1.29, 1.82) is 0 Å². The summed E-state index contributed by atoms with van der Waals surface area (Å²) < 4.78 is 5.75. The van der Waals surface area contributed by atoms with E-state index in [4.69, 9.17) is 4.42 Å². The highest BCUT2D eigenvalue weighted by molar-refractivity contribution is 6.04. The SMILES string of the molecule is CNC(=O)c1c(C)cccc1NC(=O)CCc1ncc(-c2ccc(C)cc2)o1. The molecule has 0 spiro atoms. The zero-order valence-electron chi connectivity index (χ0n) is 16.2. The highest BCUT2D eigenvalue weighted by atomic mass is 16.4. The van der Waals surface area contributed by atoms with E-state index in [1.54, 1.807) is 25.4 Å². The van der Waals surface area contributed by atoms with E-state index in [2.05, 4.69) is 15.6 Å². The van der Waals surface area contributed by atoms with Crippen molar-refractivity contribution >= 4 is 17.5 Å². The highest BCUT2D eigenvalue weighted by Crippen LogP contribution is 2.22. The highest BCUT2D eigenvalue weighted by Gasteiger charge is 2.15. The average Bonchev–Trinajstić information content (AvgIpc) is 3.15. The first-order valence-corrected chi connectivity index (χ1v) is 9.11. The summed E-state index contributed by atoms with van der Waals surface area (Å²) in [6.45, 7) is 3.86. The zero-order chi connectivity index (χ0) is 20.1. The topological polar surface area (TPSA) is 84.2 Å². The minimum atomic E-state index is -0.233. The number of oxazole rings is 1. The van der Waals surface area contributed by atoms with Crippen LogP contribution in [0.25, 0.3) is 11.3 Å². The summed E-state index contributed by atoms with van der Waals surface area (Å²) in [6.07, 6.45) is 2.25. The summed E-state index contributed by atoms with van der Waals surface area (Å²) >= 11 is 0. The second-order valence-corrected chi connectivity index (χ2v) is 6.61. The molecular weight excluding hydrogens is 354 g/mol. The predicted molar refractivity (Wildman–Crippen MR) is 108 cm³/mol. The predicted octanol–water partition coefficient (Wildman–Crippen LogP) is 3.89. The fourth-order valence-corrected chi connectivity index (χ4v) is 2.91. The molecule has 3 aromatic rings. The van der Waals surface area contributed by atoms with Gasteiger partial charge in [-0.2, -0.15) is 0 Å². The lowest BCUT2D eigenvalue weighted by molar-refractivity contribution is -0.116. The molecule has 2 N–H and O–H groups in total. The lowest BCUT2D eigenvalue weighted by atomic mass is 10.1. The summed E-state index contributed by atoms with van der Waals surface area (Å²) in [7, 11) is 1.56. The monoisotopic (exact) mass is 377 g/mol. The van der Waals surface area contributed by atoms with Gasteiger partial charge in [0.25, 0.3) is 5.91 Å². The van der Waals surface area contributed by atoms with Gasteiger partial charge in [0.05, 0.1) is 17.4 Å². The number of nitrogens with one attached hydrogen (secondary N) is 2. The molecule has 0 unspecified atom stereocenters. The Balaban J connectivity index is 1.63. The summed E-state index contributed by atoms with van der Waals surface area (Å²) in [5.74, 6) is 0.743. The third kappa shape index (κ3) is 4.46. The van der Waals surface area contributed by atoms with Gasteiger partial charge in [-0.3, -0.25) is 9.59 Å². The standard InChI is InChI=1S/C22H23N3O3/c1-14-7-9-16(10-8-14)18-13-24-20(28-18)12-11-19(26)25-17-6-4-5-15(2)21(17)22(27)23-3/h4-10,13H,11-12H2,1-3H3,(H,23,27)(H,25,26). The Hall–Kier alpha value is -3.41. The van der Waals surface area contributed by atoms with Gasteiger partial charge in [0.1, 0.15) is 0 Å². The van der Waals surface area contributed by atoms with Gasteiger partial charge >= 0.3 is 0 Å². The smallest absolute Gasteiger partial charge is 0.253 e. The molecule has 0 aliphatic heterocycles. The molecule has 0 saturated carbocycles. The molecule has 0 radical (unpaired) electrons. The van der Waals surface area contributed by atoms with E-state index < -0.39 is 0 Å². The molecule has 6 nitrogen and oxygen atoms in total. The Bertz CT molecular complexity index is 991. The second-order valence-electron chi connectivity index (χ2n) is 6.61. The van der Waals surface area contributed by atoms with Crippen LogP contribution >= 0.6 is 0 Å². The molecule has 1 heterocycles. The number of aryl methyl sites for hydroxylation is 3. The van der Waals surface area contributed by atoms with Gasteiger partial charge in [0.15, 0.2) is 11.7 Å². The van der Waals surface area contributed by atoms with E-state index in [0.29, 0.717) is 29.3 Å². The van der Waals surface area contributed by atoms with Gasteiger partial charge in [-0.1, -0.05) is 42.0 Å². The number of aromatic nitrogens is 1. The number of carbonyl (C=O) groups excluding carboxylic acids is 2. The fourth-order valence-electron chi connectivity index (χ4n) is 2.91. The molecule has 0 aliphatic carbocycles. The number of hydrogen-bond donors (Lipinski definition) is 2. The van der Waals surface area contributed by atoms with Crippen molar-refractivity contribution in [3.8, 4) is 11.3 Å². The third-order valence-electron chi connectivity index (χ3n) is 4.46. The van der Waals surface area contributed by atoms with Crippen LogP contribution in [0.2, 0.25) is 0 Å². The molecule has 0 atom stereocenters. The molecule has 3 rings (SSSR count). The van der Waals surface area contributed by atoms with Crippen molar-refractivity contribution in [2.45, 2.75) is 26.7 Å². The van der Waals surface area contributed by atoms with Crippen LogP contribution in [0.5, 0.6) is 0 Å². The van der Waals surface area contributed by atoms with E-state index in [1.165, 1.54) is 5.56 Å². The van der Waals surface area contributed by atoms with E-state index in [9.17, 15) is 9.59 Å². The summed E-state index contributed by atoms with van der Waals surface area (Å²) in [4.78, 5) is 28.7. The molecule has 0 bridgehead atoms. The van der Waals surface area contributed by atoms with Crippen LogP contribution in [0, 0.1) is 13.8 Å². The molecule has 0 fully saturated rings. The molecule has 0 aliphatic rings. The van der Waals surface area contributed by atoms with Crippen molar-refractivity contribution in [3.63, 3.8) is 0 Å². The number of hydrogen-bond acceptors (Lipinski definition) is 4. The lowest BCUT2D eigenvalue weighted by Gasteiger charge is -2.12. The first kappa shape index (κ1) is 19.4. The maximum atomic E-state index is 12.4. The first-order chi connectivity index (χ1) is 13.5. The number of anilines is 1. The normalized spacial score (nSPS) is 10.5. The van der Waals surface area contributed by atoms with Crippen molar-refractivity contribution in [3.05, 3.63) is 71.2 Å². The van der Waals surface area contributed by atoms with Gasteiger partial charge in [-0.05, 0) is 25.5 Å². The molecule has 2 amide bonds. The molecule has 1 aromatic heterocycles. The zero-order valence-corrected chi connectivity index (χ0v) is 16.2. The van der Waals surface area contributed by atoms with Crippen LogP contribution in [-0.2, 0) is 11.2 Å². The Labute approximate surface area is 164 Å². The Morgan fingerprint density at radius 3 is 2.54 bits per heavy atom. The summed E-state index contributed by atoms with van der Waals surface area (Å²) in [5.41, 5.74) is 3.89. The average molecular weight is 377 g/mol. The van der Waals surface area contributed by atoms with Gasteiger partial charge < -0.3 is 15.1 Å². The Morgan fingerprint density at radius 1 is 1.07 bits per heavy atom. The summed E-state index contributed by atoms with van der Waals surface area (Å²) in [5, 5.41) is 5.41. The van der Waals surface area contributed by atoms with E-state index in [0.717, 1.165) is 11.1 Å². The molecule has 144 valence electrons. The minimum Gasteiger partial charge on any atom is -0.441 e. The number of nitrogens with zero attached hydrogens (tertiary/aromatic N) is 1. The Kier molecular flexibility index (Phi) is 5.89. The van der Waals surface area contributed by atoms with Gasteiger partial charge in [0.2, 0.25) is 5.91 Å². The lowest BCUT2D eigenvalue weighted by Crippen LogP contribution is -2.22. The molecule has 6 heteroatoms. The number of amides is 2. The van der Waals surface area contributed by atoms with Crippen LogP contribution in [0.15, 0.2) is 53.1 Å². The van der Waals surface area contributed by atoms with E-state index in [1.807, 2.05) is 44.2 Å². The maximum absolute atomic E-state index is 12.4. The van der Waals surface area contributed by atoms with E-state index in [-0.39, 0.29) is 18.2 Å². The minimum absolute atomic E-state index is 0.203. The van der Waals surface area contributed by atoms with Crippen LogP contribution < -0.4 is 10.6 Å². The van der Waals surface area contributed by atoms with Crippen LogP contribution in [-0.4, -0.2) is 23.8 Å². The Morgan fingerprint density at radius 2 is 1.82 bits per heavy atom. The number of rotatable bonds is 6. The van der Waals surface area contributed by atoms with Crippen molar-refractivity contribution in [2.75, 3.05) is 12.4 Å². The molecular formula is C22H23N3O3. The first-order valence-electron chi connectivity index (χ1n) is 9.11. The largest absolute Gasteiger partial charge is 0.441 e. The molecule has 28 heavy (non-hydrogen) atoms.